The third kappa shape index (κ3) is 7.54. The van der Waals surface area contributed by atoms with Crippen LogP contribution in [0, 0.1) is 0 Å². The summed E-state index contributed by atoms with van der Waals surface area (Å²) in [7, 11) is 0. The molecular formula is C19H20N4O5S. The molecule has 0 atom stereocenters. The van der Waals surface area contributed by atoms with E-state index >= 15 is 0 Å². The highest BCUT2D eigenvalue weighted by Crippen LogP contribution is 2.10. The predicted octanol–water partition coefficient (Wildman–Crippen LogP) is 3.26. The summed E-state index contributed by atoms with van der Waals surface area (Å²) >= 11 is 0.924. The highest BCUT2D eigenvalue weighted by molar-refractivity contribution is 8.13. The Morgan fingerprint density at radius 1 is 0.966 bits per heavy atom. The van der Waals surface area contributed by atoms with Crippen molar-refractivity contribution >= 4 is 35.1 Å². The molecule has 9 nitrogen and oxygen atoms in total. The molecule has 3 N–H and O–H groups in total. The van der Waals surface area contributed by atoms with Crippen molar-refractivity contribution in [1.82, 2.24) is 10.4 Å². The van der Waals surface area contributed by atoms with Crippen molar-refractivity contribution in [2.45, 2.75) is 13.2 Å². The molecule has 152 valence electrons. The molecule has 0 unspecified atom stereocenters. The normalized spacial score (nSPS) is 10.7. The van der Waals surface area contributed by atoms with Gasteiger partial charge in [0.15, 0.2) is 5.17 Å². The van der Waals surface area contributed by atoms with E-state index in [9.17, 15) is 14.4 Å². The Labute approximate surface area is 171 Å². The van der Waals surface area contributed by atoms with E-state index in [2.05, 4.69) is 10.4 Å². The molecule has 10 heteroatoms. The summed E-state index contributed by atoms with van der Waals surface area (Å²) in [5.41, 5.74) is 8.72. The monoisotopic (exact) mass is 416 g/mol. The molecule has 0 aliphatic carbocycles. The summed E-state index contributed by atoms with van der Waals surface area (Å²) in [6, 6.07) is 16.9. The van der Waals surface area contributed by atoms with Crippen LogP contribution in [0.2, 0.25) is 0 Å². The number of nitrogens with zero attached hydrogens (tertiary/aromatic N) is 2. The molecule has 2 aromatic carbocycles. The maximum atomic E-state index is 12.4. The summed E-state index contributed by atoms with van der Waals surface area (Å²) < 4.78 is 10.2. The van der Waals surface area contributed by atoms with Gasteiger partial charge in [-0.2, -0.15) is 5.01 Å². The molecule has 0 radical (unpaired) electrons. The second-order valence-corrected chi connectivity index (χ2v) is 6.26. The molecule has 0 spiro atoms. The number of nitrogens with two attached hydrogens (primary N) is 1. The number of benzene rings is 2. The SMILES string of the molecule is CSC(=NC(=O)OCc1ccccc1)N(NC(N)=O)C(=O)OCc1ccccc1. The minimum Gasteiger partial charge on any atom is -0.443 e. The zero-order valence-corrected chi connectivity index (χ0v) is 16.4. The maximum Gasteiger partial charge on any atom is 0.436 e. The molecule has 0 saturated heterocycles. The lowest BCUT2D eigenvalue weighted by molar-refractivity contribution is 0.107. The van der Waals surface area contributed by atoms with E-state index in [-0.39, 0.29) is 18.4 Å². The number of hydrogen-bond donors (Lipinski definition) is 2. The number of ether oxygens (including phenoxy) is 2. The predicted molar refractivity (Wildman–Crippen MR) is 109 cm³/mol. The lowest BCUT2D eigenvalue weighted by Gasteiger charge is -2.21. The standard InChI is InChI=1S/C19H20N4O5S/c1-29-17(21-18(25)27-12-14-8-4-2-5-9-14)23(22-16(20)24)19(26)28-13-15-10-6-3-7-11-15/h2-11H,12-13H2,1H3,(H3,20,22,24). The lowest BCUT2D eigenvalue weighted by Crippen LogP contribution is -2.51. The Kier molecular flexibility index (Phi) is 8.51. The molecular weight excluding hydrogens is 396 g/mol. The fourth-order valence-corrected chi connectivity index (χ4v) is 2.55. The Morgan fingerprint density at radius 2 is 1.48 bits per heavy atom. The van der Waals surface area contributed by atoms with Gasteiger partial charge in [-0.3, -0.25) is 0 Å². The number of thioether (sulfide) groups is 1. The second-order valence-electron chi connectivity index (χ2n) is 5.49. The van der Waals surface area contributed by atoms with Gasteiger partial charge in [0.1, 0.15) is 13.2 Å². The molecule has 0 aromatic heterocycles. The number of rotatable bonds is 4. The number of carbonyl (C=O) groups excluding carboxylic acids is 3. The van der Waals surface area contributed by atoms with Crippen molar-refractivity contribution in [1.29, 1.82) is 0 Å². The lowest BCUT2D eigenvalue weighted by atomic mass is 10.2. The van der Waals surface area contributed by atoms with Gasteiger partial charge in [0.25, 0.3) is 0 Å². The van der Waals surface area contributed by atoms with Crippen LogP contribution in [0.25, 0.3) is 0 Å². The number of aliphatic imine (C=N–C) groups is 1. The van der Waals surface area contributed by atoms with E-state index in [1.807, 2.05) is 12.1 Å². The van der Waals surface area contributed by atoms with Crippen LogP contribution in [-0.4, -0.2) is 34.6 Å². The smallest absolute Gasteiger partial charge is 0.436 e. The Balaban J connectivity index is 2.05. The van der Waals surface area contributed by atoms with Gasteiger partial charge >= 0.3 is 18.2 Å². The Bertz CT molecular complexity index is 861. The summed E-state index contributed by atoms with van der Waals surface area (Å²) in [5.74, 6) is 0. The molecule has 2 rings (SSSR count). The Morgan fingerprint density at radius 3 is 1.97 bits per heavy atom. The highest BCUT2D eigenvalue weighted by atomic mass is 32.2. The fraction of sp³-hybridized carbons (Fsp3) is 0.158. The average Bonchev–Trinajstić information content (AvgIpc) is 2.74. The molecule has 0 aliphatic rings. The number of urea groups is 1. The van der Waals surface area contributed by atoms with Gasteiger partial charge in [-0.05, 0) is 17.4 Å². The van der Waals surface area contributed by atoms with Gasteiger partial charge in [-0.1, -0.05) is 72.4 Å². The minimum atomic E-state index is -1.03. The van der Waals surface area contributed by atoms with Crippen molar-refractivity contribution in [3.05, 3.63) is 71.8 Å². The highest BCUT2D eigenvalue weighted by Gasteiger charge is 2.24. The quantitative estimate of drug-likeness (QED) is 0.448. The largest absolute Gasteiger partial charge is 0.443 e. The van der Waals surface area contributed by atoms with Crippen LogP contribution in [-0.2, 0) is 22.7 Å². The molecule has 0 saturated carbocycles. The zero-order valence-electron chi connectivity index (χ0n) is 15.6. The van der Waals surface area contributed by atoms with Crippen LogP contribution < -0.4 is 11.2 Å². The molecule has 0 bridgehead atoms. The number of amides is 4. The van der Waals surface area contributed by atoms with E-state index in [1.54, 1.807) is 54.8 Å². The minimum absolute atomic E-state index is 0.00648. The van der Waals surface area contributed by atoms with Gasteiger partial charge in [0, 0.05) is 0 Å². The Hall–Kier alpha value is -3.53. The summed E-state index contributed by atoms with van der Waals surface area (Å²) in [6.45, 7) is -0.0384. The van der Waals surface area contributed by atoms with Crippen LogP contribution in [0.5, 0.6) is 0 Å². The third-order valence-electron chi connectivity index (χ3n) is 3.38. The van der Waals surface area contributed by atoms with Crippen LogP contribution >= 0.6 is 11.8 Å². The number of hydrogen-bond acceptors (Lipinski definition) is 6. The van der Waals surface area contributed by atoms with Crippen LogP contribution in [0.15, 0.2) is 65.7 Å². The molecule has 29 heavy (non-hydrogen) atoms. The van der Waals surface area contributed by atoms with Crippen molar-refractivity contribution in [2.75, 3.05) is 6.26 Å². The van der Waals surface area contributed by atoms with Crippen molar-refractivity contribution in [3.63, 3.8) is 0 Å². The average molecular weight is 416 g/mol. The first-order valence-corrected chi connectivity index (χ1v) is 9.62. The van der Waals surface area contributed by atoms with Gasteiger partial charge in [-0.25, -0.2) is 19.8 Å². The van der Waals surface area contributed by atoms with E-state index in [4.69, 9.17) is 15.2 Å². The van der Waals surface area contributed by atoms with Gasteiger partial charge in [-0.15, -0.1) is 4.99 Å². The van der Waals surface area contributed by atoms with Crippen LogP contribution in [0.4, 0.5) is 14.4 Å². The molecule has 0 fully saturated rings. The van der Waals surface area contributed by atoms with E-state index in [1.165, 1.54) is 0 Å². The summed E-state index contributed by atoms with van der Waals surface area (Å²) in [4.78, 5) is 39.4. The van der Waals surface area contributed by atoms with E-state index in [0.29, 0.717) is 5.01 Å². The number of carbonyl (C=O) groups is 3. The van der Waals surface area contributed by atoms with Gasteiger partial charge in [0.05, 0.1) is 0 Å². The van der Waals surface area contributed by atoms with Crippen molar-refractivity contribution < 1.29 is 23.9 Å². The van der Waals surface area contributed by atoms with Gasteiger partial charge in [0.2, 0.25) is 0 Å². The first-order chi connectivity index (χ1) is 14.0. The molecule has 2 aromatic rings. The van der Waals surface area contributed by atoms with Gasteiger partial charge < -0.3 is 15.2 Å². The van der Waals surface area contributed by atoms with Crippen molar-refractivity contribution in [3.8, 4) is 0 Å². The fourth-order valence-electron chi connectivity index (χ4n) is 2.08. The number of nitrogens with one attached hydrogen (secondary N) is 1. The number of hydrazine groups is 1. The van der Waals surface area contributed by atoms with E-state index in [0.717, 1.165) is 22.9 Å². The third-order valence-corrected chi connectivity index (χ3v) is 4.01. The first-order valence-electron chi connectivity index (χ1n) is 8.40. The van der Waals surface area contributed by atoms with Crippen LogP contribution in [0.1, 0.15) is 11.1 Å². The summed E-state index contributed by atoms with van der Waals surface area (Å²) in [6.07, 6.45) is -0.342. The molecule has 4 amide bonds. The van der Waals surface area contributed by atoms with E-state index < -0.39 is 18.2 Å². The molecule has 0 heterocycles. The maximum absolute atomic E-state index is 12.4. The second kappa shape index (κ2) is 11.3. The molecule has 0 aliphatic heterocycles. The zero-order chi connectivity index (χ0) is 21.1. The number of amidine groups is 1. The topological polar surface area (TPSA) is 123 Å². The van der Waals surface area contributed by atoms with Crippen LogP contribution in [0.3, 0.4) is 0 Å². The summed E-state index contributed by atoms with van der Waals surface area (Å²) in [5, 5.41) is 0.486. The first kappa shape index (κ1) is 21.8. The van der Waals surface area contributed by atoms with Crippen molar-refractivity contribution in [2.24, 2.45) is 10.7 Å². The number of primary amides is 1.